The lowest BCUT2D eigenvalue weighted by molar-refractivity contribution is -0.137. The Morgan fingerprint density at radius 1 is 1.38 bits per heavy atom. The van der Waals surface area contributed by atoms with Gasteiger partial charge in [-0.15, -0.1) is 0 Å². The fourth-order valence-electron chi connectivity index (χ4n) is 0.822. The van der Waals surface area contributed by atoms with Gasteiger partial charge in [0.1, 0.15) is 0 Å². The predicted octanol–water partition coefficient (Wildman–Crippen LogP) is 0.929. The zero-order valence-corrected chi connectivity index (χ0v) is 9.42. The number of nitrogens with zero attached hydrogens (tertiary/aromatic N) is 1. The third kappa shape index (κ3) is 3.52. The van der Waals surface area contributed by atoms with E-state index < -0.39 is 11.8 Å². The van der Waals surface area contributed by atoms with Crippen molar-refractivity contribution in [3.63, 3.8) is 0 Å². The number of primary amides is 1. The van der Waals surface area contributed by atoms with E-state index in [-0.39, 0.29) is 0 Å². The van der Waals surface area contributed by atoms with Gasteiger partial charge in [-0.25, -0.2) is 5.43 Å². The predicted molar refractivity (Wildman–Crippen MR) is 61.4 cm³/mol. The SMILES string of the molecule is NC(=O)C(=O)N/N=C/c1ccc(Cl)cc1Cl. The molecule has 0 heterocycles. The van der Waals surface area contributed by atoms with Gasteiger partial charge >= 0.3 is 11.8 Å². The summed E-state index contributed by atoms with van der Waals surface area (Å²) in [7, 11) is 0. The summed E-state index contributed by atoms with van der Waals surface area (Å²) in [4.78, 5) is 21.1. The van der Waals surface area contributed by atoms with Crippen molar-refractivity contribution in [2.45, 2.75) is 0 Å². The van der Waals surface area contributed by atoms with Gasteiger partial charge < -0.3 is 5.73 Å². The number of rotatable bonds is 2. The van der Waals surface area contributed by atoms with Crippen LogP contribution in [-0.2, 0) is 9.59 Å². The molecule has 0 unspecified atom stereocenters. The van der Waals surface area contributed by atoms with Crippen molar-refractivity contribution < 1.29 is 9.59 Å². The van der Waals surface area contributed by atoms with Crippen LogP contribution in [0.25, 0.3) is 0 Å². The number of hydrogen-bond donors (Lipinski definition) is 2. The number of carbonyl (C=O) groups excluding carboxylic acids is 2. The number of halogens is 2. The van der Waals surface area contributed by atoms with Crippen LogP contribution in [0.15, 0.2) is 23.3 Å². The van der Waals surface area contributed by atoms with Crippen molar-refractivity contribution in [1.82, 2.24) is 5.43 Å². The molecular formula is C9H7Cl2N3O2. The van der Waals surface area contributed by atoms with E-state index >= 15 is 0 Å². The smallest absolute Gasteiger partial charge is 0.329 e. The van der Waals surface area contributed by atoms with Crippen LogP contribution < -0.4 is 11.2 Å². The zero-order chi connectivity index (χ0) is 12.1. The van der Waals surface area contributed by atoms with Gasteiger partial charge in [-0.05, 0) is 12.1 Å². The van der Waals surface area contributed by atoms with Gasteiger partial charge in [0, 0.05) is 10.6 Å². The molecule has 0 bridgehead atoms. The number of nitrogens with one attached hydrogen (secondary N) is 1. The van der Waals surface area contributed by atoms with Gasteiger partial charge in [0.05, 0.1) is 11.2 Å². The van der Waals surface area contributed by atoms with Crippen LogP contribution in [0.2, 0.25) is 10.0 Å². The number of benzene rings is 1. The second-order valence-corrected chi connectivity index (χ2v) is 3.57. The van der Waals surface area contributed by atoms with Crippen LogP contribution in [0.4, 0.5) is 0 Å². The molecule has 0 aromatic heterocycles. The Labute approximate surface area is 101 Å². The normalized spacial score (nSPS) is 10.4. The lowest BCUT2D eigenvalue weighted by Crippen LogP contribution is -2.32. The topological polar surface area (TPSA) is 84.5 Å². The second-order valence-electron chi connectivity index (χ2n) is 2.73. The summed E-state index contributed by atoms with van der Waals surface area (Å²) in [5.74, 6) is -2.11. The first kappa shape index (κ1) is 12.5. The Morgan fingerprint density at radius 2 is 2.06 bits per heavy atom. The van der Waals surface area contributed by atoms with Crippen molar-refractivity contribution in [3.05, 3.63) is 33.8 Å². The van der Waals surface area contributed by atoms with Crippen molar-refractivity contribution >= 4 is 41.2 Å². The molecule has 0 saturated carbocycles. The summed E-state index contributed by atoms with van der Waals surface area (Å²) < 4.78 is 0. The van der Waals surface area contributed by atoms with Crippen LogP contribution in [0.5, 0.6) is 0 Å². The number of amides is 2. The molecule has 16 heavy (non-hydrogen) atoms. The van der Waals surface area contributed by atoms with Crippen LogP contribution in [0.1, 0.15) is 5.56 Å². The molecule has 2 amide bonds. The molecule has 0 aliphatic carbocycles. The van der Waals surface area contributed by atoms with Crippen molar-refractivity contribution in [2.24, 2.45) is 10.8 Å². The molecule has 1 aromatic carbocycles. The van der Waals surface area contributed by atoms with Gasteiger partial charge in [0.25, 0.3) is 0 Å². The first-order valence-electron chi connectivity index (χ1n) is 4.08. The maximum absolute atomic E-state index is 10.7. The summed E-state index contributed by atoms with van der Waals surface area (Å²) in [6, 6.07) is 4.76. The van der Waals surface area contributed by atoms with E-state index in [1.165, 1.54) is 12.3 Å². The first-order valence-corrected chi connectivity index (χ1v) is 4.84. The Hall–Kier alpha value is -1.59. The highest BCUT2D eigenvalue weighted by Gasteiger charge is 2.05. The summed E-state index contributed by atoms with van der Waals surface area (Å²) in [5, 5.41) is 4.37. The molecule has 0 aliphatic rings. The lowest BCUT2D eigenvalue weighted by atomic mass is 10.2. The molecule has 0 aliphatic heterocycles. The van der Waals surface area contributed by atoms with Gasteiger partial charge in [0.2, 0.25) is 0 Å². The molecule has 3 N–H and O–H groups in total. The highest BCUT2D eigenvalue weighted by molar-refractivity contribution is 6.36. The van der Waals surface area contributed by atoms with E-state index in [4.69, 9.17) is 28.9 Å². The summed E-state index contributed by atoms with van der Waals surface area (Å²) >= 11 is 11.5. The fourth-order valence-corrected chi connectivity index (χ4v) is 1.28. The quantitative estimate of drug-likeness (QED) is 0.471. The van der Waals surface area contributed by atoms with Gasteiger partial charge in [-0.3, -0.25) is 9.59 Å². The Bertz CT molecular complexity index is 460. The zero-order valence-electron chi connectivity index (χ0n) is 7.91. The van der Waals surface area contributed by atoms with Crippen molar-refractivity contribution in [1.29, 1.82) is 0 Å². The molecule has 5 nitrogen and oxygen atoms in total. The van der Waals surface area contributed by atoms with E-state index in [0.29, 0.717) is 15.6 Å². The van der Waals surface area contributed by atoms with Gasteiger partial charge in [-0.1, -0.05) is 29.3 Å². The number of hydrogen-bond acceptors (Lipinski definition) is 3. The molecule has 0 atom stereocenters. The highest BCUT2D eigenvalue weighted by atomic mass is 35.5. The number of hydrazone groups is 1. The number of nitrogens with two attached hydrogens (primary N) is 1. The Morgan fingerprint density at radius 3 is 2.62 bits per heavy atom. The standard InChI is InChI=1S/C9H7Cl2N3O2/c10-6-2-1-5(7(11)3-6)4-13-14-9(16)8(12)15/h1-4H,(H2,12,15)(H,14,16)/b13-4+. The van der Waals surface area contributed by atoms with E-state index in [2.05, 4.69) is 5.10 Å². The maximum atomic E-state index is 10.7. The maximum Gasteiger partial charge on any atom is 0.329 e. The first-order chi connectivity index (χ1) is 7.50. The van der Waals surface area contributed by atoms with Crippen LogP contribution >= 0.6 is 23.2 Å². The Kier molecular flexibility index (Phi) is 4.28. The van der Waals surface area contributed by atoms with E-state index in [0.717, 1.165) is 0 Å². The van der Waals surface area contributed by atoms with E-state index in [1.54, 1.807) is 12.1 Å². The lowest BCUT2D eigenvalue weighted by Gasteiger charge is -1.98. The third-order valence-electron chi connectivity index (χ3n) is 1.56. The van der Waals surface area contributed by atoms with Crippen molar-refractivity contribution in [2.75, 3.05) is 0 Å². The largest absolute Gasteiger partial charge is 0.361 e. The van der Waals surface area contributed by atoms with E-state index in [9.17, 15) is 9.59 Å². The molecule has 1 rings (SSSR count). The molecule has 84 valence electrons. The molecule has 0 radical (unpaired) electrons. The van der Waals surface area contributed by atoms with Crippen molar-refractivity contribution in [3.8, 4) is 0 Å². The molecule has 0 saturated heterocycles. The molecule has 0 spiro atoms. The average molecular weight is 260 g/mol. The molecular weight excluding hydrogens is 253 g/mol. The molecule has 0 fully saturated rings. The Balaban J connectivity index is 2.70. The van der Waals surface area contributed by atoms with Crippen LogP contribution in [-0.4, -0.2) is 18.0 Å². The summed E-state index contributed by atoms with van der Waals surface area (Å²) in [6.45, 7) is 0. The van der Waals surface area contributed by atoms with E-state index in [1.807, 2.05) is 5.43 Å². The number of carbonyl (C=O) groups is 2. The van der Waals surface area contributed by atoms with Gasteiger partial charge in [-0.2, -0.15) is 5.10 Å². The van der Waals surface area contributed by atoms with Crippen LogP contribution in [0.3, 0.4) is 0 Å². The molecule has 1 aromatic rings. The fraction of sp³-hybridized carbons (Fsp3) is 0. The van der Waals surface area contributed by atoms with Crippen LogP contribution in [0, 0.1) is 0 Å². The third-order valence-corrected chi connectivity index (χ3v) is 2.12. The monoisotopic (exact) mass is 259 g/mol. The average Bonchev–Trinajstić information content (AvgIpc) is 2.20. The minimum Gasteiger partial charge on any atom is -0.361 e. The molecule has 7 heteroatoms. The van der Waals surface area contributed by atoms with Gasteiger partial charge in [0.15, 0.2) is 0 Å². The summed E-state index contributed by atoms with van der Waals surface area (Å²) in [6.07, 6.45) is 1.28. The minimum absolute atomic E-state index is 0.379. The highest BCUT2D eigenvalue weighted by Crippen LogP contribution is 2.19. The summed E-state index contributed by atoms with van der Waals surface area (Å²) in [5.41, 5.74) is 7.19. The minimum atomic E-state index is -1.11. The second kappa shape index (κ2) is 5.48.